The SMILES string of the molecule is CC(=O)CN1C(=O)C2CC=CCC2C1=O. The van der Waals surface area contributed by atoms with Gasteiger partial charge in [0.05, 0.1) is 18.4 Å². The quantitative estimate of drug-likeness (QED) is 0.490. The van der Waals surface area contributed by atoms with Crippen molar-refractivity contribution in [1.29, 1.82) is 0 Å². The van der Waals surface area contributed by atoms with E-state index in [-0.39, 0.29) is 36.0 Å². The number of nitrogens with zero attached hydrogens (tertiary/aromatic N) is 1. The van der Waals surface area contributed by atoms with Gasteiger partial charge in [-0.2, -0.15) is 0 Å². The predicted octanol–water partition coefficient (Wildman–Crippen LogP) is 0.527. The smallest absolute Gasteiger partial charge is 0.233 e. The van der Waals surface area contributed by atoms with Gasteiger partial charge in [0.15, 0.2) is 0 Å². The van der Waals surface area contributed by atoms with Crippen LogP contribution >= 0.6 is 0 Å². The fraction of sp³-hybridized carbons (Fsp3) is 0.545. The lowest BCUT2D eigenvalue weighted by atomic mass is 9.85. The zero-order chi connectivity index (χ0) is 11.0. The van der Waals surface area contributed by atoms with Crippen LogP contribution in [0.2, 0.25) is 0 Å². The van der Waals surface area contributed by atoms with Gasteiger partial charge in [0.1, 0.15) is 5.78 Å². The molecule has 2 atom stereocenters. The number of carbonyl (C=O) groups excluding carboxylic acids is 3. The van der Waals surface area contributed by atoms with Crippen LogP contribution in [0.25, 0.3) is 0 Å². The van der Waals surface area contributed by atoms with Gasteiger partial charge in [-0.05, 0) is 19.8 Å². The number of hydrogen-bond acceptors (Lipinski definition) is 3. The lowest BCUT2D eigenvalue weighted by molar-refractivity contribution is -0.142. The van der Waals surface area contributed by atoms with E-state index < -0.39 is 0 Å². The Morgan fingerprint density at radius 3 is 2.13 bits per heavy atom. The second-order valence-corrected chi connectivity index (χ2v) is 4.12. The normalized spacial score (nSPS) is 29.5. The van der Waals surface area contributed by atoms with Crippen LogP contribution in [-0.2, 0) is 14.4 Å². The monoisotopic (exact) mass is 207 g/mol. The minimum Gasteiger partial charge on any atom is -0.298 e. The van der Waals surface area contributed by atoms with Crippen LogP contribution in [0.3, 0.4) is 0 Å². The number of hydrogen-bond donors (Lipinski definition) is 0. The molecule has 1 aliphatic carbocycles. The Labute approximate surface area is 87.9 Å². The summed E-state index contributed by atoms with van der Waals surface area (Å²) in [6.45, 7) is 1.32. The Morgan fingerprint density at radius 2 is 1.73 bits per heavy atom. The van der Waals surface area contributed by atoms with Gasteiger partial charge in [-0.15, -0.1) is 0 Å². The number of Topliss-reactive ketones (excluding diaryl/α,β-unsaturated/α-hetero) is 1. The maximum absolute atomic E-state index is 11.8. The number of ketones is 1. The number of imide groups is 1. The van der Waals surface area contributed by atoms with Gasteiger partial charge in [-0.25, -0.2) is 0 Å². The Bertz CT molecular complexity index is 333. The molecule has 1 fully saturated rings. The molecule has 2 rings (SSSR count). The fourth-order valence-electron chi connectivity index (χ4n) is 2.25. The van der Waals surface area contributed by atoms with E-state index in [4.69, 9.17) is 0 Å². The molecule has 1 heterocycles. The Balaban J connectivity index is 2.20. The van der Waals surface area contributed by atoms with E-state index in [9.17, 15) is 14.4 Å². The molecule has 2 unspecified atom stereocenters. The maximum atomic E-state index is 11.8. The summed E-state index contributed by atoms with van der Waals surface area (Å²) in [7, 11) is 0. The molecular formula is C11H13NO3. The van der Waals surface area contributed by atoms with E-state index in [1.807, 2.05) is 12.2 Å². The molecule has 1 aliphatic heterocycles. The van der Waals surface area contributed by atoms with Gasteiger partial charge in [0.2, 0.25) is 11.8 Å². The summed E-state index contributed by atoms with van der Waals surface area (Å²) in [5, 5.41) is 0. The fourth-order valence-corrected chi connectivity index (χ4v) is 2.25. The van der Waals surface area contributed by atoms with Crippen LogP contribution in [0.15, 0.2) is 12.2 Å². The van der Waals surface area contributed by atoms with Crippen LogP contribution in [0.4, 0.5) is 0 Å². The molecule has 0 bridgehead atoms. The van der Waals surface area contributed by atoms with Crippen LogP contribution in [0.1, 0.15) is 19.8 Å². The molecule has 0 aromatic rings. The van der Waals surface area contributed by atoms with Crippen molar-refractivity contribution in [2.75, 3.05) is 6.54 Å². The van der Waals surface area contributed by atoms with Crippen molar-refractivity contribution >= 4 is 17.6 Å². The summed E-state index contributed by atoms with van der Waals surface area (Å²) >= 11 is 0. The van der Waals surface area contributed by atoms with Crippen molar-refractivity contribution in [3.63, 3.8) is 0 Å². The Hall–Kier alpha value is -1.45. The second-order valence-electron chi connectivity index (χ2n) is 4.12. The Kier molecular flexibility index (Phi) is 2.42. The highest BCUT2D eigenvalue weighted by atomic mass is 16.2. The van der Waals surface area contributed by atoms with E-state index in [1.54, 1.807) is 0 Å². The first kappa shape index (κ1) is 10.1. The summed E-state index contributed by atoms with van der Waals surface area (Å²) in [4.78, 5) is 35.7. The number of carbonyl (C=O) groups is 3. The van der Waals surface area contributed by atoms with E-state index in [2.05, 4.69) is 0 Å². The molecule has 4 nitrogen and oxygen atoms in total. The second kappa shape index (κ2) is 3.61. The molecule has 0 spiro atoms. The predicted molar refractivity (Wildman–Crippen MR) is 52.8 cm³/mol. The summed E-state index contributed by atoms with van der Waals surface area (Å²) < 4.78 is 0. The third kappa shape index (κ3) is 1.60. The molecular weight excluding hydrogens is 194 g/mol. The third-order valence-electron chi connectivity index (χ3n) is 2.98. The van der Waals surface area contributed by atoms with E-state index in [0.717, 1.165) is 4.90 Å². The molecule has 0 aromatic heterocycles. The van der Waals surface area contributed by atoms with Crippen molar-refractivity contribution < 1.29 is 14.4 Å². The molecule has 15 heavy (non-hydrogen) atoms. The number of likely N-dealkylation sites (tertiary alicyclic amines) is 1. The van der Waals surface area contributed by atoms with Crippen molar-refractivity contribution in [3.8, 4) is 0 Å². The summed E-state index contributed by atoms with van der Waals surface area (Å²) in [6.07, 6.45) is 5.13. The summed E-state index contributed by atoms with van der Waals surface area (Å²) in [5.74, 6) is -0.943. The number of amides is 2. The van der Waals surface area contributed by atoms with Crippen LogP contribution in [0.5, 0.6) is 0 Å². The highest BCUT2D eigenvalue weighted by molar-refractivity contribution is 6.07. The zero-order valence-corrected chi connectivity index (χ0v) is 8.60. The molecule has 0 aromatic carbocycles. The lowest BCUT2D eigenvalue weighted by Gasteiger charge is -2.14. The summed E-state index contributed by atoms with van der Waals surface area (Å²) in [5.41, 5.74) is 0. The molecule has 4 heteroatoms. The van der Waals surface area contributed by atoms with Crippen molar-refractivity contribution in [2.24, 2.45) is 11.8 Å². The first-order valence-corrected chi connectivity index (χ1v) is 5.11. The molecule has 2 aliphatic rings. The average molecular weight is 207 g/mol. The molecule has 2 amide bonds. The van der Waals surface area contributed by atoms with Gasteiger partial charge >= 0.3 is 0 Å². The van der Waals surface area contributed by atoms with E-state index in [0.29, 0.717) is 12.8 Å². The van der Waals surface area contributed by atoms with Gasteiger partial charge in [-0.1, -0.05) is 12.2 Å². The van der Waals surface area contributed by atoms with Crippen LogP contribution in [-0.4, -0.2) is 29.0 Å². The maximum Gasteiger partial charge on any atom is 0.233 e. The molecule has 0 N–H and O–H groups in total. The first-order valence-electron chi connectivity index (χ1n) is 5.11. The molecule has 1 saturated heterocycles. The minimum absolute atomic E-state index is 0.0648. The molecule has 80 valence electrons. The molecule has 0 radical (unpaired) electrons. The lowest BCUT2D eigenvalue weighted by Crippen LogP contribution is -2.35. The zero-order valence-electron chi connectivity index (χ0n) is 8.60. The number of fused-ring (bicyclic) bond motifs is 1. The third-order valence-corrected chi connectivity index (χ3v) is 2.98. The Morgan fingerprint density at radius 1 is 1.27 bits per heavy atom. The van der Waals surface area contributed by atoms with Crippen LogP contribution < -0.4 is 0 Å². The van der Waals surface area contributed by atoms with Gasteiger partial charge < -0.3 is 0 Å². The topological polar surface area (TPSA) is 54.5 Å². The van der Waals surface area contributed by atoms with Gasteiger partial charge in [0.25, 0.3) is 0 Å². The van der Waals surface area contributed by atoms with Gasteiger partial charge in [-0.3, -0.25) is 19.3 Å². The highest BCUT2D eigenvalue weighted by Gasteiger charge is 2.47. The van der Waals surface area contributed by atoms with Crippen molar-refractivity contribution in [2.45, 2.75) is 19.8 Å². The first-order chi connectivity index (χ1) is 7.11. The van der Waals surface area contributed by atoms with Gasteiger partial charge in [0, 0.05) is 0 Å². The van der Waals surface area contributed by atoms with Crippen LogP contribution in [0, 0.1) is 11.8 Å². The standard InChI is InChI=1S/C11H13NO3/c1-7(13)6-12-10(14)8-4-2-3-5-9(8)11(12)15/h2-3,8-9H,4-6H2,1H3. The highest BCUT2D eigenvalue weighted by Crippen LogP contribution is 2.34. The minimum atomic E-state index is -0.221. The van der Waals surface area contributed by atoms with E-state index in [1.165, 1.54) is 6.92 Å². The largest absolute Gasteiger partial charge is 0.298 e. The van der Waals surface area contributed by atoms with E-state index >= 15 is 0 Å². The number of allylic oxidation sites excluding steroid dienone is 2. The summed E-state index contributed by atoms with van der Waals surface area (Å²) in [6, 6.07) is 0. The number of rotatable bonds is 2. The average Bonchev–Trinajstić information content (AvgIpc) is 2.44. The van der Waals surface area contributed by atoms with Crippen molar-refractivity contribution in [3.05, 3.63) is 12.2 Å². The molecule has 0 saturated carbocycles. The van der Waals surface area contributed by atoms with Crippen molar-refractivity contribution in [1.82, 2.24) is 4.90 Å².